The number of rotatable bonds is 11. The molecule has 0 radical (unpaired) electrons. The molecule has 0 saturated carbocycles. The van der Waals surface area contributed by atoms with Gasteiger partial charge < -0.3 is 18.9 Å². The van der Waals surface area contributed by atoms with Gasteiger partial charge in [0.05, 0.1) is 11.4 Å². The molecular weight excluding hydrogens is 494 g/mol. The van der Waals surface area contributed by atoms with Crippen LogP contribution in [0.3, 0.4) is 0 Å². The lowest BCUT2D eigenvalue weighted by Gasteiger charge is -2.18. The maximum Gasteiger partial charge on any atom is 0.137 e. The van der Waals surface area contributed by atoms with Gasteiger partial charge in [0.15, 0.2) is 0 Å². The van der Waals surface area contributed by atoms with Crippen LogP contribution >= 0.6 is 23.4 Å². The molecule has 4 rings (SSSR count). The predicted octanol–water partition coefficient (Wildman–Crippen LogP) is 7.12. The molecule has 0 fully saturated rings. The van der Waals surface area contributed by atoms with E-state index in [1.54, 1.807) is 11.8 Å². The molecule has 0 amide bonds. The Bertz CT molecular complexity index is 1160. The fourth-order valence-corrected chi connectivity index (χ4v) is 6.02. The Hall–Kier alpha value is -1.61. The van der Waals surface area contributed by atoms with Crippen molar-refractivity contribution in [1.82, 2.24) is 14.5 Å². The summed E-state index contributed by atoms with van der Waals surface area (Å²) in [6.07, 6.45) is 0.984. The molecule has 0 N–H and O–H groups in total. The third-order valence-corrected chi connectivity index (χ3v) is 9.04. The molecule has 0 unspecified atom stereocenters. The third-order valence-electron chi connectivity index (χ3n) is 5.95. The molecule has 8 heteroatoms. The molecule has 188 valence electrons. The molecule has 2 heterocycles. The zero-order valence-corrected chi connectivity index (χ0v) is 24.0. The Kier molecular flexibility index (Phi) is 8.79. The fourth-order valence-electron chi connectivity index (χ4n) is 4.04. The largest absolute Gasteiger partial charge is 0.373 e. The Labute approximate surface area is 219 Å². The van der Waals surface area contributed by atoms with Crippen molar-refractivity contribution in [3.05, 3.63) is 53.3 Å². The van der Waals surface area contributed by atoms with E-state index in [0.717, 1.165) is 59.0 Å². The highest BCUT2D eigenvalue weighted by Gasteiger charge is 2.27. The van der Waals surface area contributed by atoms with Gasteiger partial charge in [0.1, 0.15) is 19.2 Å². The predicted molar refractivity (Wildman–Crippen MR) is 149 cm³/mol. The Morgan fingerprint density at radius 2 is 1.77 bits per heavy atom. The summed E-state index contributed by atoms with van der Waals surface area (Å²) < 4.78 is 14.5. The van der Waals surface area contributed by atoms with Crippen molar-refractivity contribution in [1.29, 1.82) is 0 Å². The second kappa shape index (κ2) is 11.6. The molecule has 1 aliphatic rings. The summed E-state index contributed by atoms with van der Waals surface area (Å²) in [6, 6.07) is 15.7. The van der Waals surface area contributed by atoms with Crippen molar-refractivity contribution in [2.75, 3.05) is 33.9 Å². The summed E-state index contributed by atoms with van der Waals surface area (Å²) in [4.78, 5) is 9.68. The maximum absolute atomic E-state index is 6.49. The lowest BCUT2D eigenvalue weighted by molar-refractivity contribution is 0.0707. The number of hydrogen-bond acceptors (Lipinski definition) is 5. The lowest BCUT2D eigenvalue weighted by atomic mass is 10.0. The molecule has 35 heavy (non-hydrogen) atoms. The third kappa shape index (κ3) is 6.79. The molecule has 0 aliphatic carbocycles. The van der Waals surface area contributed by atoms with Gasteiger partial charge in [-0.2, -0.15) is 0 Å². The summed E-state index contributed by atoms with van der Waals surface area (Å²) in [5.74, 6) is 0.889. The highest BCUT2D eigenvalue weighted by atomic mass is 35.5. The van der Waals surface area contributed by atoms with Crippen LogP contribution in [0, 0.1) is 0 Å². The monoisotopic (exact) mass is 529 g/mol. The van der Waals surface area contributed by atoms with Crippen molar-refractivity contribution in [2.45, 2.75) is 55.2 Å². The van der Waals surface area contributed by atoms with E-state index in [0.29, 0.717) is 19.9 Å². The molecule has 3 aromatic rings. The lowest BCUT2D eigenvalue weighted by Crippen LogP contribution is -2.22. The first kappa shape index (κ1) is 26.4. The van der Waals surface area contributed by atoms with Crippen molar-refractivity contribution in [3.8, 4) is 22.5 Å². The molecule has 0 spiro atoms. The summed E-state index contributed by atoms with van der Waals surface area (Å²) >= 11 is 8.26. The molecule has 0 atom stereocenters. The van der Waals surface area contributed by atoms with Crippen LogP contribution in [0.4, 0.5) is 0 Å². The number of nitrogens with zero attached hydrogens (tertiary/aromatic N) is 3. The van der Waals surface area contributed by atoms with Gasteiger partial charge in [-0.15, -0.1) is 0 Å². The van der Waals surface area contributed by atoms with Gasteiger partial charge in [-0.05, 0) is 57.4 Å². The zero-order valence-electron chi connectivity index (χ0n) is 21.4. The number of ether oxygens (including phenoxy) is 2. The molecule has 0 bridgehead atoms. The average Bonchev–Trinajstić information content (AvgIpc) is 3.08. The van der Waals surface area contributed by atoms with E-state index in [9.17, 15) is 0 Å². The van der Waals surface area contributed by atoms with Crippen LogP contribution < -0.4 is 0 Å². The van der Waals surface area contributed by atoms with Crippen LogP contribution in [-0.2, 0) is 22.8 Å². The van der Waals surface area contributed by atoms with Gasteiger partial charge in [0, 0.05) is 47.2 Å². The normalized spacial score (nSPS) is 12.9. The molecule has 5 nitrogen and oxygen atoms in total. The fraction of sp³-hybridized carbons (Fsp3) is 0.444. The minimum atomic E-state index is -1.18. The number of hydrogen-bond donors (Lipinski definition) is 0. The Morgan fingerprint density at radius 1 is 1.00 bits per heavy atom. The summed E-state index contributed by atoms with van der Waals surface area (Å²) in [7, 11) is 2.98. The highest BCUT2D eigenvalue weighted by Crippen LogP contribution is 2.48. The standard InChI is InChI=1S/C27H36ClN3O2SSi/c1-30(2)13-8-14-32-18-25-29-26-21-9-6-7-10-23(21)34-24-12-11-20(28)17-22(24)27(26)31(25)19-33-15-16-35(3,4)5/h6-7,9-12,17H,8,13-16,18-19H2,1-5H3. The molecule has 2 aromatic carbocycles. The highest BCUT2D eigenvalue weighted by molar-refractivity contribution is 7.99. The minimum absolute atomic E-state index is 0.446. The number of aromatic nitrogens is 2. The number of benzene rings is 2. The van der Waals surface area contributed by atoms with E-state index in [4.69, 9.17) is 26.1 Å². The number of imidazole rings is 1. The quantitative estimate of drug-likeness (QED) is 0.153. The van der Waals surface area contributed by atoms with Crippen molar-refractivity contribution < 1.29 is 9.47 Å². The summed E-state index contributed by atoms with van der Waals surface area (Å²) in [5.41, 5.74) is 4.25. The Balaban J connectivity index is 1.72. The second-order valence-corrected chi connectivity index (χ2v) is 17.6. The first-order valence-corrected chi connectivity index (χ1v) is 17.1. The topological polar surface area (TPSA) is 39.5 Å². The van der Waals surface area contributed by atoms with Crippen LogP contribution in [0.15, 0.2) is 52.3 Å². The van der Waals surface area contributed by atoms with Crippen molar-refractivity contribution >= 4 is 31.4 Å². The summed E-state index contributed by atoms with van der Waals surface area (Å²) in [6.45, 7) is 10.5. The van der Waals surface area contributed by atoms with E-state index in [1.807, 2.05) is 6.07 Å². The van der Waals surface area contributed by atoms with Gasteiger partial charge in [-0.25, -0.2) is 4.98 Å². The van der Waals surface area contributed by atoms with Crippen LogP contribution in [0.2, 0.25) is 30.7 Å². The van der Waals surface area contributed by atoms with Gasteiger partial charge >= 0.3 is 0 Å². The van der Waals surface area contributed by atoms with Crippen LogP contribution in [0.1, 0.15) is 12.2 Å². The van der Waals surface area contributed by atoms with Crippen molar-refractivity contribution in [3.63, 3.8) is 0 Å². The zero-order chi connectivity index (χ0) is 25.0. The van der Waals surface area contributed by atoms with Crippen LogP contribution in [-0.4, -0.2) is 56.4 Å². The minimum Gasteiger partial charge on any atom is -0.373 e. The average molecular weight is 530 g/mol. The van der Waals surface area contributed by atoms with Crippen molar-refractivity contribution in [2.24, 2.45) is 0 Å². The van der Waals surface area contributed by atoms with Gasteiger partial charge in [-0.1, -0.05) is 61.2 Å². The van der Waals surface area contributed by atoms with Crippen LogP contribution in [0.25, 0.3) is 22.5 Å². The Morgan fingerprint density at radius 3 is 2.54 bits per heavy atom. The number of halogens is 1. The van der Waals surface area contributed by atoms with Crippen LogP contribution in [0.5, 0.6) is 0 Å². The van der Waals surface area contributed by atoms with Gasteiger partial charge in [0.2, 0.25) is 0 Å². The molecular formula is C27H36ClN3O2SSi. The smallest absolute Gasteiger partial charge is 0.137 e. The van der Waals surface area contributed by atoms with E-state index in [2.05, 4.69) is 79.6 Å². The molecule has 1 aromatic heterocycles. The van der Waals surface area contributed by atoms with E-state index in [1.165, 1.54) is 9.79 Å². The number of fused-ring (bicyclic) bond motifs is 5. The maximum atomic E-state index is 6.49. The van der Waals surface area contributed by atoms with E-state index in [-0.39, 0.29) is 0 Å². The first-order chi connectivity index (χ1) is 16.7. The molecule has 1 aliphatic heterocycles. The molecule has 0 saturated heterocycles. The summed E-state index contributed by atoms with van der Waals surface area (Å²) in [5, 5.41) is 0.718. The van der Waals surface area contributed by atoms with Gasteiger partial charge in [-0.3, -0.25) is 0 Å². The van der Waals surface area contributed by atoms with E-state index < -0.39 is 8.07 Å². The first-order valence-electron chi connectivity index (χ1n) is 12.2. The SMILES string of the molecule is CN(C)CCCOCc1nc2c(n1COCC[Si](C)(C)C)-c1cc(Cl)ccc1Sc1ccccc1-2. The van der Waals surface area contributed by atoms with E-state index >= 15 is 0 Å². The van der Waals surface area contributed by atoms with Gasteiger partial charge in [0.25, 0.3) is 0 Å². The second-order valence-electron chi connectivity index (χ2n) is 10.4.